The van der Waals surface area contributed by atoms with Gasteiger partial charge in [0.1, 0.15) is 0 Å². The molecule has 0 radical (unpaired) electrons. The highest BCUT2D eigenvalue weighted by molar-refractivity contribution is 5.99. The molecular formula is C24H32N4O5. The third-order valence-electron chi connectivity index (χ3n) is 6.53. The predicted octanol–water partition coefficient (Wildman–Crippen LogP) is 1.84. The molecule has 0 bridgehead atoms. The van der Waals surface area contributed by atoms with E-state index in [1.807, 2.05) is 19.1 Å². The highest BCUT2D eigenvalue weighted by Crippen LogP contribution is 2.43. The van der Waals surface area contributed by atoms with Crippen LogP contribution in [0, 0.1) is 6.92 Å². The summed E-state index contributed by atoms with van der Waals surface area (Å²) < 4.78 is 16.5. The summed E-state index contributed by atoms with van der Waals surface area (Å²) in [6.45, 7) is 6.04. The lowest BCUT2D eigenvalue weighted by Gasteiger charge is -2.35. The van der Waals surface area contributed by atoms with Crippen LogP contribution in [0.3, 0.4) is 0 Å². The number of aliphatic hydroxyl groups excluding tert-OH is 1. The number of β-amino-alcohol motifs (C(OH)–C–C–N with tert-alkyl or cyclic N) is 1. The van der Waals surface area contributed by atoms with Crippen LogP contribution in [0.2, 0.25) is 0 Å². The number of aliphatic hydroxyl groups is 1. The van der Waals surface area contributed by atoms with E-state index in [4.69, 9.17) is 19.2 Å². The molecular weight excluding hydrogens is 424 g/mol. The van der Waals surface area contributed by atoms with Gasteiger partial charge in [0, 0.05) is 39.1 Å². The minimum atomic E-state index is -0.0396. The molecule has 4 rings (SSSR count). The molecule has 1 atom stereocenters. The molecule has 9 nitrogen and oxygen atoms in total. The van der Waals surface area contributed by atoms with E-state index in [-0.39, 0.29) is 18.3 Å². The van der Waals surface area contributed by atoms with E-state index in [0.29, 0.717) is 48.1 Å². The fraction of sp³-hybridized carbons (Fsp3) is 0.542. The Labute approximate surface area is 194 Å². The maximum Gasteiger partial charge on any atom is 0.225 e. The van der Waals surface area contributed by atoms with Crippen molar-refractivity contribution in [3.05, 3.63) is 34.6 Å². The number of piperazine rings is 1. The summed E-state index contributed by atoms with van der Waals surface area (Å²) in [5, 5.41) is 9.17. The van der Waals surface area contributed by atoms with Gasteiger partial charge in [-0.05, 0) is 37.0 Å². The average molecular weight is 457 g/mol. The maximum atomic E-state index is 13.1. The topological polar surface area (TPSA) is 97.3 Å². The highest BCUT2D eigenvalue weighted by Gasteiger charge is 2.32. The van der Waals surface area contributed by atoms with Gasteiger partial charge >= 0.3 is 0 Å². The molecule has 1 aliphatic carbocycles. The van der Waals surface area contributed by atoms with E-state index >= 15 is 0 Å². The minimum absolute atomic E-state index is 0.0396. The van der Waals surface area contributed by atoms with Crippen LogP contribution in [0.1, 0.15) is 39.6 Å². The SMILES string of the molecule is COc1cc([C@H]2CC(=O)c3c(C)nc(N4CCN(CCO)CC4)nc3C2)cc(OC)c1OC. The van der Waals surface area contributed by atoms with Crippen LogP contribution < -0.4 is 19.1 Å². The first-order chi connectivity index (χ1) is 16.0. The van der Waals surface area contributed by atoms with Crippen molar-refractivity contribution in [1.29, 1.82) is 0 Å². The van der Waals surface area contributed by atoms with Gasteiger partial charge in [0.25, 0.3) is 0 Å². The number of rotatable bonds is 7. The molecule has 2 aliphatic rings. The lowest BCUT2D eigenvalue weighted by molar-refractivity contribution is 0.0961. The summed E-state index contributed by atoms with van der Waals surface area (Å²) in [6.07, 6.45) is 1.02. The van der Waals surface area contributed by atoms with Crippen LogP contribution in [-0.4, -0.2) is 86.4 Å². The van der Waals surface area contributed by atoms with Crippen molar-refractivity contribution in [3.63, 3.8) is 0 Å². The molecule has 0 spiro atoms. The standard InChI is InChI=1S/C24H32N4O5/c1-15-22-18(26-24(25-15)28-7-5-27(6-8-28)9-10-29)11-16(12-19(22)30)17-13-20(31-2)23(33-4)21(14-17)32-3/h13-14,16,29H,5-12H2,1-4H3/t16-/m1/s1. The number of carbonyl (C=O) groups excluding carboxylic acids is 1. The number of Topliss-reactive ketones (excluding diaryl/α,β-unsaturated/α-hetero) is 1. The first kappa shape index (κ1) is 23.3. The lowest BCUT2D eigenvalue weighted by Crippen LogP contribution is -2.48. The second kappa shape index (κ2) is 9.93. The number of ketones is 1. The number of hydrogen-bond donors (Lipinski definition) is 1. The van der Waals surface area contributed by atoms with Gasteiger partial charge in [-0.1, -0.05) is 0 Å². The van der Waals surface area contributed by atoms with Crippen molar-refractivity contribution >= 4 is 11.7 Å². The molecule has 1 fully saturated rings. The molecule has 33 heavy (non-hydrogen) atoms. The Bertz CT molecular complexity index is 995. The zero-order chi connectivity index (χ0) is 23.5. The van der Waals surface area contributed by atoms with Crippen LogP contribution in [0.15, 0.2) is 12.1 Å². The van der Waals surface area contributed by atoms with Gasteiger partial charge in [-0.25, -0.2) is 9.97 Å². The van der Waals surface area contributed by atoms with Crippen molar-refractivity contribution in [1.82, 2.24) is 14.9 Å². The van der Waals surface area contributed by atoms with Crippen molar-refractivity contribution in [2.75, 3.05) is 65.6 Å². The number of aryl methyl sites for hydroxylation is 1. The van der Waals surface area contributed by atoms with Crippen LogP contribution in [-0.2, 0) is 6.42 Å². The summed E-state index contributed by atoms with van der Waals surface area (Å²) >= 11 is 0. The monoisotopic (exact) mass is 456 g/mol. The van der Waals surface area contributed by atoms with Gasteiger partial charge < -0.3 is 24.2 Å². The molecule has 1 aromatic heterocycles. The molecule has 1 aliphatic heterocycles. The van der Waals surface area contributed by atoms with E-state index < -0.39 is 0 Å². The molecule has 1 saturated heterocycles. The van der Waals surface area contributed by atoms with Crippen LogP contribution >= 0.6 is 0 Å². The number of methoxy groups -OCH3 is 3. The third kappa shape index (κ3) is 4.60. The summed E-state index contributed by atoms with van der Waals surface area (Å²) in [6, 6.07) is 3.83. The molecule has 178 valence electrons. The normalized spacial score (nSPS) is 18.8. The van der Waals surface area contributed by atoms with Gasteiger partial charge in [-0.3, -0.25) is 9.69 Å². The van der Waals surface area contributed by atoms with E-state index in [2.05, 4.69) is 14.8 Å². The fourth-order valence-electron chi connectivity index (χ4n) is 4.79. The van der Waals surface area contributed by atoms with Gasteiger partial charge in [0.05, 0.1) is 44.9 Å². The fourth-order valence-corrected chi connectivity index (χ4v) is 4.79. The van der Waals surface area contributed by atoms with Gasteiger partial charge in [-0.15, -0.1) is 0 Å². The molecule has 1 aromatic carbocycles. The number of ether oxygens (including phenoxy) is 3. The van der Waals surface area contributed by atoms with Crippen LogP contribution in [0.25, 0.3) is 0 Å². The van der Waals surface area contributed by atoms with Gasteiger partial charge in [0.2, 0.25) is 11.7 Å². The third-order valence-corrected chi connectivity index (χ3v) is 6.53. The maximum absolute atomic E-state index is 13.1. The van der Waals surface area contributed by atoms with Gasteiger partial charge in [0.15, 0.2) is 17.3 Å². The first-order valence-corrected chi connectivity index (χ1v) is 11.3. The first-order valence-electron chi connectivity index (χ1n) is 11.3. The van der Waals surface area contributed by atoms with Crippen molar-refractivity contribution in [2.45, 2.75) is 25.7 Å². The molecule has 0 amide bonds. The van der Waals surface area contributed by atoms with E-state index in [1.165, 1.54) is 0 Å². The van der Waals surface area contributed by atoms with E-state index in [1.54, 1.807) is 21.3 Å². The highest BCUT2D eigenvalue weighted by atomic mass is 16.5. The Morgan fingerprint density at radius 1 is 1.00 bits per heavy atom. The number of aromatic nitrogens is 2. The Morgan fingerprint density at radius 2 is 1.67 bits per heavy atom. The number of anilines is 1. The summed E-state index contributed by atoms with van der Waals surface area (Å²) in [4.78, 5) is 27.0. The van der Waals surface area contributed by atoms with Crippen LogP contribution in [0.4, 0.5) is 5.95 Å². The number of fused-ring (bicyclic) bond motifs is 1. The number of carbonyl (C=O) groups is 1. The molecule has 0 unspecified atom stereocenters. The van der Waals surface area contributed by atoms with E-state index in [9.17, 15) is 9.90 Å². The zero-order valence-corrected chi connectivity index (χ0v) is 19.8. The zero-order valence-electron chi connectivity index (χ0n) is 19.8. The molecule has 0 saturated carbocycles. The second-order valence-electron chi connectivity index (χ2n) is 8.47. The summed E-state index contributed by atoms with van der Waals surface area (Å²) in [5.41, 5.74) is 3.15. The Morgan fingerprint density at radius 3 is 2.24 bits per heavy atom. The summed E-state index contributed by atoms with van der Waals surface area (Å²) in [7, 11) is 4.75. The van der Waals surface area contributed by atoms with Crippen molar-refractivity contribution in [2.24, 2.45) is 0 Å². The second-order valence-corrected chi connectivity index (χ2v) is 8.47. The largest absolute Gasteiger partial charge is 0.493 e. The van der Waals surface area contributed by atoms with Crippen molar-refractivity contribution < 1.29 is 24.1 Å². The lowest BCUT2D eigenvalue weighted by atomic mass is 9.81. The minimum Gasteiger partial charge on any atom is -0.493 e. The number of hydrogen-bond acceptors (Lipinski definition) is 9. The predicted molar refractivity (Wildman–Crippen MR) is 124 cm³/mol. The Hall–Kier alpha value is -2.91. The average Bonchev–Trinajstić information content (AvgIpc) is 2.83. The quantitative estimate of drug-likeness (QED) is 0.669. The Balaban J connectivity index is 1.62. The van der Waals surface area contributed by atoms with Gasteiger partial charge in [-0.2, -0.15) is 0 Å². The van der Waals surface area contributed by atoms with Crippen LogP contribution in [0.5, 0.6) is 17.2 Å². The molecule has 9 heteroatoms. The van der Waals surface area contributed by atoms with Crippen molar-refractivity contribution in [3.8, 4) is 17.2 Å². The van der Waals surface area contributed by atoms with E-state index in [0.717, 1.165) is 43.1 Å². The summed E-state index contributed by atoms with van der Waals surface area (Å²) in [5.74, 6) is 2.38. The smallest absolute Gasteiger partial charge is 0.225 e. The molecule has 2 heterocycles. The molecule has 1 N–H and O–H groups in total. The number of benzene rings is 1. The number of nitrogens with zero attached hydrogens (tertiary/aromatic N) is 4. The molecule has 2 aromatic rings. The Kier molecular flexibility index (Phi) is 6.99.